The number of pyridine rings is 1. The molecule has 0 aliphatic rings. The number of benzene rings is 2. The number of rotatable bonds is 6. The highest BCUT2D eigenvalue weighted by Gasteiger charge is 2.03. The maximum atomic E-state index is 13.4. The first-order chi connectivity index (χ1) is 11.8. The van der Waals surface area contributed by atoms with Gasteiger partial charge in [0.15, 0.2) is 0 Å². The highest BCUT2D eigenvalue weighted by Crippen LogP contribution is 2.19. The van der Waals surface area contributed by atoms with E-state index in [1.165, 1.54) is 11.6 Å². The molecule has 0 saturated heterocycles. The van der Waals surface area contributed by atoms with Gasteiger partial charge < -0.3 is 10.4 Å². The predicted octanol–water partition coefficient (Wildman–Crippen LogP) is 3.67. The average molecular weight is 322 g/mol. The van der Waals surface area contributed by atoms with Gasteiger partial charge in [0, 0.05) is 31.0 Å². The van der Waals surface area contributed by atoms with Crippen molar-refractivity contribution in [3.8, 4) is 11.1 Å². The Hall–Kier alpha value is -2.56. The van der Waals surface area contributed by atoms with E-state index in [2.05, 4.69) is 28.5 Å². The molecule has 3 aromatic rings. The lowest BCUT2D eigenvalue weighted by Gasteiger charge is -2.09. The van der Waals surface area contributed by atoms with Gasteiger partial charge in [-0.15, -0.1) is 0 Å². The summed E-state index contributed by atoms with van der Waals surface area (Å²) in [5.41, 5.74) is 4.66. The van der Waals surface area contributed by atoms with Gasteiger partial charge in [-0.1, -0.05) is 30.3 Å². The molecule has 0 fully saturated rings. The first-order valence-corrected chi connectivity index (χ1v) is 7.84. The lowest BCUT2D eigenvalue weighted by molar-refractivity contribution is 0.275. The standard InChI is InChI=1S/C20H19FN2O/c21-20-7-6-16(10-19(20)14-24)12-23-11-15-3-1-4-17(9-15)18-5-2-8-22-13-18/h1-10,13,23-24H,11-12,14H2. The highest BCUT2D eigenvalue weighted by atomic mass is 19.1. The Morgan fingerprint density at radius 2 is 1.71 bits per heavy atom. The van der Waals surface area contributed by atoms with Crippen molar-refractivity contribution in [2.75, 3.05) is 0 Å². The molecule has 0 unspecified atom stereocenters. The van der Waals surface area contributed by atoms with Crippen LogP contribution in [0.5, 0.6) is 0 Å². The number of aromatic nitrogens is 1. The SMILES string of the molecule is OCc1cc(CNCc2cccc(-c3cccnc3)c2)ccc1F. The second kappa shape index (κ2) is 7.81. The van der Waals surface area contributed by atoms with Gasteiger partial charge >= 0.3 is 0 Å². The number of nitrogens with zero attached hydrogens (tertiary/aromatic N) is 1. The van der Waals surface area contributed by atoms with Crippen LogP contribution in [0.2, 0.25) is 0 Å². The van der Waals surface area contributed by atoms with Crippen molar-refractivity contribution in [2.24, 2.45) is 0 Å². The maximum absolute atomic E-state index is 13.4. The number of aliphatic hydroxyl groups excluding tert-OH is 1. The molecule has 0 atom stereocenters. The first-order valence-electron chi connectivity index (χ1n) is 7.84. The van der Waals surface area contributed by atoms with Gasteiger partial charge in [-0.25, -0.2) is 4.39 Å². The van der Waals surface area contributed by atoms with E-state index in [0.717, 1.165) is 16.7 Å². The molecule has 3 rings (SSSR count). The quantitative estimate of drug-likeness (QED) is 0.728. The summed E-state index contributed by atoms with van der Waals surface area (Å²) in [7, 11) is 0. The molecule has 0 radical (unpaired) electrons. The molecule has 4 heteroatoms. The summed E-state index contributed by atoms with van der Waals surface area (Å²) < 4.78 is 13.4. The molecule has 122 valence electrons. The minimum absolute atomic E-state index is 0.285. The van der Waals surface area contributed by atoms with E-state index in [1.807, 2.05) is 24.4 Å². The fourth-order valence-electron chi connectivity index (χ4n) is 2.60. The van der Waals surface area contributed by atoms with Gasteiger partial charge in [0.25, 0.3) is 0 Å². The fourth-order valence-corrected chi connectivity index (χ4v) is 2.60. The monoisotopic (exact) mass is 322 g/mol. The number of aliphatic hydroxyl groups is 1. The second-order valence-corrected chi connectivity index (χ2v) is 5.63. The summed E-state index contributed by atoms with van der Waals surface area (Å²) in [6.45, 7) is 1.04. The van der Waals surface area contributed by atoms with Crippen LogP contribution in [0.3, 0.4) is 0 Å². The van der Waals surface area contributed by atoms with Crippen molar-refractivity contribution in [1.82, 2.24) is 10.3 Å². The molecular weight excluding hydrogens is 303 g/mol. The van der Waals surface area contributed by atoms with Crippen molar-refractivity contribution < 1.29 is 9.50 Å². The van der Waals surface area contributed by atoms with Crippen LogP contribution in [-0.4, -0.2) is 10.1 Å². The number of halogens is 1. The minimum atomic E-state index is -0.370. The Balaban J connectivity index is 1.63. The number of nitrogens with one attached hydrogen (secondary N) is 1. The average Bonchev–Trinajstić information content (AvgIpc) is 2.64. The van der Waals surface area contributed by atoms with E-state index in [1.54, 1.807) is 18.3 Å². The summed E-state index contributed by atoms with van der Waals surface area (Å²) >= 11 is 0. The van der Waals surface area contributed by atoms with E-state index in [-0.39, 0.29) is 12.4 Å². The van der Waals surface area contributed by atoms with E-state index in [0.29, 0.717) is 18.7 Å². The lowest BCUT2D eigenvalue weighted by atomic mass is 10.0. The highest BCUT2D eigenvalue weighted by molar-refractivity contribution is 5.62. The second-order valence-electron chi connectivity index (χ2n) is 5.63. The molecule has 1 heterocycles. The smallest absolute Gasteiger partial charge is 0.128 e. The van der Waals surface area contributed by atoms with Crippen LogP contribution in [0, 0.1) is 5.82 Å². The number of hydrogen-bond donors (Lipinski definition) is 2. The first kappa shape index (κ1) is 16.3. The zero-order valence-corrected chi connectivity index (χ0v) is 13.2. The maximum Gasteiger partial charge on any atom is 0.128 e. The van der Waals surface area contributed by atoms with Gasteiger partial charge in [-0.3, -0.25) is 4.98 Å². The largest absolute Gasteiger partial charge is 0.392 e. The fraction of sp³-hybridized carbons (Fsp3) is 0.150. The summed E-state index contributed by atoms with van der Waals surface area (Å²) in [5.74, 6) is -0.370. The van der Waals surface area contributed by atoms with Crippen molar-refractivity contribution in [3.63, 3.8) is 0 Å². The zero-order chi connectivity index (χ0) is 16.8. The van der Waals surface area contributed by atoms with Crippen LogP contribution in [0.25, 0.3) is 11.1 Å². The Kier molecular flexibility index (Phi) is 5.31. The van der Waals surface area contributed by atoms with Crippen LogP contribution in [0.4, 0.5) is 4.39 Å². The topological polar surface area (TPSA) is 45.1 Å². The summed E-state index contributed by atoms with van der Waals surface area (Å²) in [6, 6.07) is 17.1. The van der Waals surface area contributed by atoms with E-state index in [9.17, 15) is 4.39 Å². The molecule has 0 aliphatic carbocycles. The summed E-state index contributed by atoms with van der Waals surface area (Å²) in [5, 5.41) is 12.5. The molecule has 1 aromatic heterocycles. The third-order valence-electron chi connectivity index (χ3n) is 3.86. The molecule has 2 aromatic carbocycles. The van der Waals surface area contributed by atoms with Crippen LogP contribution in [0.15, 0.2) is 67.0 Å². The molecule has 0 saturated carbocycles. The Morgan fingerprint density at radius 3 is 2.46 bits per heavy atom. The van der Waals surface area contributed by atoms with Gasteiger partial charge in [0.05, 0.1) is 6.61 Å². The third kappa shape index (κ3) is 4.04. The van der Waals surface area contributed by atoms with Crippen LogP contribution in [-0.2, 0) is 19.7 Å². The molecule has 0 spiro atoms. The normalized spacial score (nSPS) is 10.8. The molecule has 2 N–H and O–H groups in total. The van der Waals surface area contributed by atoms with Gasteiger partial charge in [0.2, 0.25) is 0 Å². The minimum Gasteiger partial charge on any atom is -0.392 e. The molecule has 3 nitrogen and oxygen atoms in total. The van der Waals surface area contributed by atoms with Crippen molar-refractivity contribution in [1.29, 1.82) is 0 Å². The van der Waals surface area contributed by atoms with Crippen molar-refractivity contribution in [3.05, 3.63) is 89.5 Å². The lowest BCUT2D eigenvalue weighted by Crippen LogP contribution is -2.13. The predicted molar refractivity (Wildman–Crippen MR) is 92.5 cm³/mol. The Labute approximate surface area is 140 Å². The zero-order valence-electron chi connectivity index (χ0n) is 13.2. The Morgan fingerprint density at radius 1 is 0.917 bits per heavy atom. The van der Waals surface area contributed by atoms with Crippen molar-refractivity contribution in [2.45, 2.75) is 19.7 Å². The summed E-state index contributed by atoms with van der Waals surface area (Å²) in [4.78, 5) is 4.15. The number of hydrogen-bond acceptors (Lipinski definition) is 3. The molecule has 0 amide bonds. The van der Waals surface area contributed by atoms with Crippen LogP contribution < -0.4 is 5.32 Å². The Bertz CT molecular complexity index is 806. The van der Waals surface area contributed by atoms with Crippen LogP contribution >= 0.6 is 0 Å². The van der Waals surface area contributed by atoms with Crippen molar-refractivity contribution >= 4 is 0 Å². The molecular formula is C20H19FN2O. The molecule has 24 heavy (non-hydrogen) atoms. The van der Waals surface area contributed by atoms with Gasteiger partial charge in [0.1, 0.15) is 5.82 Å². The van der Waals surface area contributed by atoms with E-state index >= 15 is 0 Å². The summed E-state index contributed by atoms with van der Waals surface area (Å²) in [6.07, 6.45) is 3.61. The van der Waals surface area contributed by atoms with Gasteiger partial charge in [-0.2, -0.15) is 0 Å². The third-order valence-corrected chi connectivity index (χ3v) is 3.86. The van der Waals surface area contributed by atoms with E-state index in [4.69, 9.17) is 5.11 Å². The molecule has 0 aliphatic heterocycles. The van der Waals surface area contributed by atoms with Gasteiger partial charge in [-0.05, 0) is 46.5 Å². The molecule has 0 bridgehead atoms. The van der Waals surface area contributed by atoms with Crippen LogP contribution in [0.1, 0.15) is 16.7 Å². The van der Waals surface area contributed by atoms with E-state index < -0.39 is 0 Å².